The molecular formula is C32H33N5O4. The maximum absolute atomic E-state index is 5.72. The lowest BCUT2D eigenvalue weighted by Gasteiger charge is -2.29. The quantitative estimate of drug-likeness (QED) is 0.250. The molecule has 0 aliphatic carbocycles. The first-order valence-electron chi connectivity index (χ1n) is 13.6. The summed E-state index contributed by atoms with van der Waals surface area (Å²) in [6, 6.07) is 22.5. The van der Waals surface area contributed by atoms with Crippen molar-refractivity contribution in [3.8, 4) is 40.1 Å². The summed E-state index contributed by atoms with van der Waals surface area (Å²) < 4.78 is 22.3. The van der Waals surface area contributed by atoms with E-state index in [1.54, 1.807) is 33.2 Å². The topological polar surface area (TPSA) is 83.8 Å². The van der Waals surface area contributed by atoms with Gasteiger partial charge in [-0.1, -0.05) is 36.4 Å². The SMILES string of the molecule is COc1cc2c(cc1OC)CN(CCc1ccc(-n3nnc(-c4c(OC)c(OC)cc5ccccc45)n3)cc1)CC2. The van der Waals surface area contributed by atoms with Gasteiger partial charge in [-0.15, -0.1) is 15.0 Å². The maximum atomic E-state index is 5.72. The van der Waals surface area contributed by atoms with Crippen LogP contribution in [0.3, 0.4) is 0 Å². The molecule has 0 radical (unpaired) electrons. The van der Waals surface area contributed by atoms with E-state index in [2.05, 4.69) is 39.5 Å². The van der Waals surface area contributed by atoms with E-state index in [1.807, 2.05) is 42.5 Å². The predicted molar refractivity (Wildman–Crippen MR) is 157 cm³/mol. The van der Waals surface area contributed by atoms with Gasteiger partial charge >= 0.3 is 0 Å². The Labute approximate surface area is 239 Å². The van der Waals surface area contributed by atoms with Crippen molar-refractivity contribution in [2.24, 2.45) is 0 Å². The van der Waals surface area contributed by atoms with Gasteiger partial charge in [-0.25, -0.2) is 0 Å². The Morgan fingerprint density at radius 3 is 2.24 bits per heavy atom. The van der Waals surface area contributed by atoms with E-state index in [1.165, 1.54) is 16.7 Å². The number of hydrogen-bond donors (Lipinski definition) is 0. The van der Waals surface area contributed by atoms with Crippen molar-refractivity contribution >= 4 is 10.8 Å². The molecule has 0 unspecified atom stereocenters. The van der Waals surface area contributed by atoms with Gasteiger partial charge in [0.1, 0.15) is 0 Å². The molecule has 0 atom stereocenters. The Kier molecular flexibility index (Phi) is 7.43. The van der Waals surface area contributed by atoms with E-state index in [-0.39, 0.29) is 0 Å². The highest BCUT2D eigenvalue weighted by Gasteiger charge is 2.22. The number of tetrazole rings is 1. The molecule has 6 rings (SSSR count). The number of methoxy groups -OCH3 is 4. The molecule has 0 fully saturated rings. The number of fused-ring (bicyclic) bond motifs is 2. The van der Waals surface area contributed by atoms with Crippen molar-refractivity contribution in [2.75, 3.05) is 41.5 Å². The third kappa shape index (κ3) is 5.16. The second kappa shape index (κ2) is 11.5. The molecule has 0 amide bonds. The smallest absolute Gasteiger partial charge is 0.209 e. The minimum atomic E-state index is 0.473. The van der Waals surface area contributed by atoms with Gasteiger partial charge in [0, 0.05) is 19.6 Å². The highest BCUT2D eigenvalue weighted by atomic mass is 16.5. The molecule has 1 aliphatic heterocycles. The molecule has 0 spiro atoms. The Balaban J connectivity index is 1.17. The van der Waals surface area contributed by atoms with Crippen molar-refractivity contribution in [1.29, 1.82) is 0 Å². The average molecular weight is 552 g/mol. The number of benzene rings is 4. The Morgan fingerprint density at radius 2 is 1.51 bits per heavy atom. The molecule has 0 bridgehead atoms. The molecule has 4 aromatic carbocycles. The second-order valence-corrected chi connectivity index (χ2v) is 10.0. The number of ether oxygens (including phenoxy) is 4. The fourth-order valence-electron chi connectivity index (χ4n) is 5.52. The summed E-state index contributed by atoms with van der Waals surface area (Å²) in [6.45, 7) is 2.90. The van der Waals surface area contributed by atoms with Gasteiger partial charge in [-0.3, -0.25) is 4.90 Å². The zero-order valence-electron chi connectivity index (χ0n) is 23.8. The first-order chi connectivity index (χ1) is 20.1. The van der Waals surface area contributed by atoms with Crippen molar-refractivity contribution in [2.45, 2.75) is 19.4 Å². The second-order valence-electron chi connectivity index (χ2n) is 10.0. The fourth-order valence-corrected chi connectivity index (χ4v) is 5.52. The lowest BCUT2D eigenvalue weighted by Crippen LogP contribution is -2.32. The van der Waals surface area contributed by atoms with Crippen LogP contribution in [0.2, 0.25) is 0 Å². The highest BCUT2D eigenvalue weighted by molar-refractivity contribution is 6.00. The van der Waals surface area contributed by atoms with E-state index in [0.29, 0.717) is 17.3 Å². The van der Waals surface area contributed by atoms with E-state index >= 15 is 0 Å². The first-order valence-corrected chi connectivity index (χ1v) is 13.6. The standard InChI is InChI=1S/C32H33N5O4/c1-38-27-17-22-14-16-36(20-24(22)19-28(27)39-2)15-13-21-9-11-25(12-10-21)37-34-32(33-35-37)30-26-8-6-5-7-23(26)18-29(40-3)31(30)41-4/h5-12,17-19H,13-16,20H2,1-4H3. The molecule has 1 aromatic heterocycles. The maximum Gasteiger partial charge on any atom is 0.209 e. The van der Waals surface area contributed by atoms with Crippen LogP contribution >= 0.6 is 0 Å². The monoisotopic (exact) mass is 551 g/mol. The summed E-state index contributed by atoms with van der Waals surface area (Å²) >= 11 is 0. The van der Waals surface area contributed by atoms with Gasteiger partial charge in [0.05, 0.1) is 39.7 Å². The van der Waals surface area contributed by atoms with E-state index in [9.17, 15) is 0 Å². The number of rotatable bonds is 9. The molecule has 210 valence electrons. The van der Waals surface area contributed by atoms with Crippen LogP contribution in [0.5, 0.6) is 23.0 Å². The fraction of sp³-hybridized carbons (Fsp3) is 0.281. The van der Waals surface area contributed by atoms with E-state index in [4.69, 9.17) is 24.0 Å². The molecule has 41 heavy (non-hydrogen) atoms. The molecular weight excluding hydrogens is 518 g/mol. The zero-order chi connectivity index (χ0) is 28.3. The Hall–Kier alpha value is -4.63. The molecule has 0 saturated heterocycles. The molecule has 9 heteroatoms. The van der Waals surface area contributed by atoms with Gasteiger partial charge < -0.3 is 18.9 Å². The van der Waals surface area contributed by atoms with Gasteiger partial charge in [0.2, 0.25) is 5.82 Å². The molecule has 0 N–H and O–H groups in total. The van der Waals surface area contributed by atoms with E-state index in [0.717, 1.165) is 66.0 Å². The third-order valence-corrected chi connectivity index (χ3v) is 7.71. The van der Waals surface area contributed by atoms with Gasteiger partial charge in [0.15, 0.2) is 23.0 Å². The van der Waals surface area contributed by atoms with Crippen LogP contribution in [0.4, 0.5) is 0 Å². The summed E-state index contributed by atoms with van der Waals surface area (Å²) in [6.07, 6.45) is 1.95. The predicted octanol–water partition coefficient (Wildman–Crippen LogP) is 5.12. The lowest BCUT2D eigenvalue weighted by molar-refractivity contribution is 0.255. The Morgan fingerprint density at radius 1 is 0.780 bits per heavy atom. The summed E-state index contributed by atoms with van der Waals surface area (Å²) in [5, 5.41) is 15.4. The number of aromatic nitrogens is 4. The van der Waals surface area contributed by atoms with Crippen LogP contribution in [0.1, 0.15) is 16.7 Å². The van der Waals surface area contributed by atoms with Crippen LogP contribution < -0.4 is 18.9 Å². The van der Waals surface area contributed by atoms with Gasteiger partial charge in [0.25, 0.3) is 0 Å². The zero-order valence-corrected chi connectivity index (χ0v) is 23.8. The third-order valence-electron chi connectivity index (χ3n) is 7.71. The van der Waals surface area contributed by atoms with Gasteiger partial charge in [-0.05, 0) is 75.8 Å². The average Bonchev–Trinajstić information content (AvgIpc) is 3.52. The van der Waals surface area contributed by atoms with Crippen LogP contribution in [0.15, 0.2) is 66.7 Å². The molecule has 0 saturated carbocycles. The first kappa shape index (κ1) is 26.6. The van der Waals surface area contributed by atoms with Crippen molar-refractivity contribution in [1.82, 2.24) is 25.1 Å². The van der Waals surface area contributed by atoms with Crippen molar-refractivity contribution < 1.29 is 18.9 Å². The molecule has 5 aromatic rings. The van der Waals surface area contributed by atoms with Crippen LogP contribution in [-0.4, -0.2) is 66.6 Å². The highest BCUT2D eigenvalue weighted by Crippen LogP contribution is 2.42. The Bertz CT molecular complexity index is 1680. The minimum absolute atomic E-state index is 0.473. The molecule has 9 nitrogen and oxygen atoms in total. The van der Waals surface area contributed by atoms with Crippen LogP contribution in [0.25, 0.3) is 27.8 Å². The van der Waals surface area contributed by atoms with Crippen LogP contribution in [0, 0.1) is 0 Å². The summed E-state index contributed by atoms with van der Waals surface area (Å²) in [5.41, 5.74) is 5.49. The lowest BCUT2D eigenvalue weighted by atomic mass is 9.98. The number of hydrogen-bond acceptors (Lipinski definition) is 8. The van der Waals surface area contributed by atoms with Crippen LogP contribution in [-0.2, 0) is 19.4 Å². The number of nitrogens with zero attached hydrogens (tertiary/aromatic N) is 5. The normalized spacial score (nSPS) is 13.2. The van der Waals surface area contributed by atoms with E-state index < -0.39 is 0 Å². The largest absolute Gasteiger partial charge is 0.493 e. The minimum Gasteiger partial charge on any atom is -0.493 e. The van der Waals surface area contributed by atoms with Gasteiger partial charge in [-0.2, -0.15) is 0 Å². The molecule has 1 aliphatic rings. The molecule has 2 heterocycles. The summed E-state index contributed by atoms with van der Waals surface area (Å²) in [7, 11) is 6.61. The van der Waals surface area contributed by atoms with Crippen molar-refractivity contribution in [3.05, 3.63) is 83.4 Å². The summed E-state index contributed by atoms with van der Waals surface area (Å²) in [5.74, 6) is 3.26. The summed E-state index contributed by atoms with van der Waals surface area (Å²) in [4.78, 5) is 4.04. The van der Waals surface area contributed by atoms with Crippen molar-refractivity contribution in [3.63, 3.8) is 0 Å².